The molecule has 0 saturated heterocycles. The quantitative estimate of drug-likeness (QED) is 0.413. The number of oxazole rings is 1. The molecule has 0 unspecified atom stereocenters. The normalized spacial score (nSPS) is 11.7. The maximum absolute atomic E-state index is 5.52. The van der Waals surface area contributed by atoms with Crippen LogP contribution in [0, 0.1) is 0 Å². The third-order valence-corrected chi connectivity index (χ3v) is 4.21. The highest BCUT2D eigenvalue weighted by Gasteiger charge is 2.07. The molecule has 2 rings (SSSR count). The largest absolute Gasteiger partial charge is 0.443 e. The van der Waals surface area contributed by atoms with E-state index in [1.165, 1.54) is 25.7 Å². The second-order valence-corrected chi connectivity index (χ2v) is 6.25. The average molecular weight is 334 g/mol. The molecule has 0 aliphatic carbocycles. The van der Waals surface area contributed by atoms with Gasteiger partial charge in [0, 0.05) is 13.1 Å². The molecule has 2 N–H and O–H groups in total. The summed E-state index contributed by atoms with van der Waals surface area (Å²) in [6, 6.07) is 4.00. The summed E-state index contributed by atoms with van der Waals surface area (Å²) < 4.78 is 5.52. The van der Waals surface area contributed by atoms with Gasteiger partial charge in [0.2, 0.25) is 5.89 Å². The number of hydrogen-bond acceptors (Lipinski definition) is 4. The molecular formula is C17H26N4OS. The molecule has 0 saturated carbocycles. The summed E-state index contributed by atoms with van der Waals surface area (Å²) in [6.45, 7) is 6.60. The van der Waals surface area contributed by atoms with Crippen molar-refractivity contribution in [3.63, 3.8) is 0 Å². The Balaban J connectivity index is 1.84. The van der Waals surface area contributed by atoms with Crippen molar-refractivity contribution in [3.05, 3.63) is 29.5 Å². The monoisotopic (exact) mass is 334 g/mol. The number of thiophene rings is 1. The number of nitrogens with one attached hydrogen (secondary N) is 2. The van der Waals surface area contributed by atoms with Gasteiger partial charge in [-0.15, -0.1) is 11.3 Å². The summed E-state index contributed by atoms with van der Waals surface area (Å²) >= 11 is 1.62. The van der Waals surface area contributed by atoms with Crippen molar-refractivity contribution >= 4 is 17.3 Å². The Labute approximate surface area is 142 Å². The second-order valence-electron chi connectivity index (χ2n) is 5.30. The van der Waals surface area contributed by atoms with Crippen LogP contribution in [0.4, 0.5) is 0 Å². The molecule has 2 aromatic rings. The molecule has 6 heteroatoms. The SMILES string of the molecule is CCCCCCNC(=NCc1coc(-c2cccs2)n1)NCC. The van der Waals surface area contributed by atoms with Crippen molar-refractivity contribution in [2.45, 2.75) is 46.1 Å². The minimum absolute atomic E-state index is 0.513. The van der Waals surface area contributed by atoms with Gasteiger partial charge >= 0.3 is 0 Å². The third-order valence-electron chi connectivity index (χ3n) is 3.35. The number of guanidine groups is 1. The van der Waals surface area contributed by atoms with Gasteiger partial charge in [0.1, 0.15) is 12.0 Å². The fraction of sp³-hybridized carbons (Fsp3) is 0.529. The number of aromatic nitrogens is 1. The van der Waals surface area contributed by atoms with Crippen LogP contribution >= 0.6 is 11.3 Å². The molecule has 0 fully saturated rings. The molecule has 0 aliphatic heterocycles. The van der Waals surface area contributed by atoms with Crippen molar-refractivity contribution in [3.8, 4) is 10.8 Å². The van der Waals surface area contributed by atoms with Crippen LogP contribution in [0.3, 0.4) is 0 Å². The third kappa shape index (κ3) is 6.06. The minimum atomic E-state index is 0.513. The summed E-state index contributed by atoms with van der Waals surface area (Å²) in [6.07, 6.45) is 6.66. The fourth-order valence-corrected chi connectivity index (χ4v) is 2.81. The smallest absolute Gasteiger partial charge is 0.236 e. The highest BCUT2D eigenvalue weighted by Crippen LogP contribution is 2.23. The highest BCUT2D eigenvalue weighted by atomic mass is 32.1. The Morgan fingerprint density at radius 2 is 2.17 bits per heavy atom. The molecule has 0 atom stereocenters. The van der Waals surface area contributed by atoms with Gasteiger partial charge in [0.05, 0.1) is 11.4 Å². The molecular weight excluding hydrogens is 308 g/mol. The van der Waals surface area contributed by atoms with Gasteiger partial charge in [0.25, 0.3) is 0 Å². The first kappa shape index (κ1) is 17.5. The lowest BCUT2D eigenvalue weighted by Crippen LogP contribution is -2.37. The van der Waals surface area contributed by atoms with Crippen LogP contribution in [0.5, 0.6) is 0 Å². The summed E-state index contributed by atoms with van der Waals surface area (Å²) in [7, 11) is 0. The zero-order valence-corrected chi connectivity index (χ0v) is 14.8. The van der Waals surface area contributed by atoms with Crippen LogP contribution in [0.2, 0.25) is 0 Å². The zero-order valence-electron chi connectivity index (χ0n) is 14.0. The van der Waals surface area contributed by atoms with E-state index in [1.807, 2.05) is 17.5 Å². The van der Waals surface area contributed by atoms with Gasteiger partial charge in [-0.05, 0) is 24.8 Å². The molecule has 23 heavy (non-hydrogen) atoms. The molecule has 0 spiro atoms. The molecule has 2 aromatic heterocycles. The summed E-state index contributed by atoms with van der Waals surface area (Å²) in [5.74, 6) is 1.51. The first-order chi connectivity index (χ1) is 11.3. The number of hydrogen-bond donors (Lipinski definition) is 2. The molecule has 0 aliphatic rings. The summed E-state index contributed by atoms with van der Waals surface area (Å²) in [5, 5.41) is 8.64. The first-order valence-corrected chi connectivity index (χ1v) is 9.22. The predicted molar refractivity (Wildman–Crippen MR) is 96.8 cm³/mol. The Hall–Kier alpha value is -1.82. The van der Waals surface area contributed by atoms with Crippen molar-refractivity contribution in [1.82, 2.24) is 15.6 Å². The molecule has 5 nitrogen and oxygen atoms in total. The van der Waals surface area contributed by atoms with E-state index < -0.39 is 0 Å². The summed E-state index contributed by atoms with van der Waals surface area (Å²) in [4.78, 5) is 10.1. The lowest BCUT2D eigenvalue weighted by Gasteiger charge is -2.10. The van der Waals surface area contributed by atoms with Gasteiger partial charge < -0.3 is 15.1 Å². The number of aliphatic imine (C=N–C) groups is 1. The number of unbranched alkanes of at least 4 members (excludes halogenated alkanes) is 3. The van der Waals surface area contributed by atoms with Crippen LogP contribution in [-0.2, 0) is 6.54 Å². The Morgan fingerprint density at radius 3 is 2.91 bits per heavy atom. The number of nitrogens with zero attached hydrogens (tertiary/aromatic N) is 2. The van der Waals surface area contributed by atoms with Crippen LogP contribution in [-0.4, -0.2) is 24.0 Å². The molecule has 2 heterocycles. The number of rotatable bonds is 9. The molecule has 0 radical (unpaired) electrons. The van der Waals surface area contributed by atoms with E-state index in [0.29, 0.717) is 12.4 Å². The van der Waals surface area contributed by atoms with E-state index in [2.05, 4.69) is 34.5 Å². The molecule has 0 bridgehead atoms. The van der Waals surface area contributed by atoms with Gasteiger partial charge in [-0.3, -0.25) is 0 Å². The lowest BCUT2D eigenvalue weighted by molar-refractivity contribution is 0.574. The molecule has 0 amide bonds. The highest BCUT2D eigenvalue weighted by molar-refractivity contribution is 7.13. The predicted octanol–water partition coefficient (Wildman–Crippen LogP) is 4.04. The van der Waals surface area contributed by atoms with E-state index in [1.54, 1.807) is 17.6 Å². The van der Waals surface area contributed by atoms with E-state index in [-0.39, 0.29) is 0 Å². The van der Waals surface area contributed by atoms with Gasteiger partial charge in [-0.2, -0.15) is 0 Å². The molecule has 126 valence electrons. The average Bonchev–Trinajstić information content (AvgIpc) is 3.23. The van der Waals surface area contributed by atoms with Gasteiger partial charge in [-0.1, -0.05) is 32.3 Å². The zero-order chi connectivity index (χ0) is 16.3. The van der Waals surface area contributed by atoms with E-state index in [0.717, 1.165) is 29.6 Å². The standard InChI is InChI=1S/C17H26N4OS/c1-3-5-6-7-10-19-17(18-4-2)20-12-14-13-22-16(21-14)15-9-8-11-23-15/h8-9,11,13H,3-7,10,12H2,1-2H3,(H2,18,19,20). The van der Waals surface area contributed by atoms with Crippen LogP contribution in [0.15, 0.2) is 33.2 Å². The second kappa shape index (κ2) is 10.0. The Morgan fingerprint density at radius 1 is 1.26 bits per heavy atom. The van der Waals surface area contributed by atoms with Crippen LogP contribution in [0.1, 0.15) is 45.2 Å². The maximum Gasteiger partial charge on any atom is 0.236 e. The van der Waals surface area contributed by atoms with Crippen LogP contribution in [0.25, 0.3) is 10.8 Å². The van der Waals surface area contributed by atoms with E-state index in [4.69, 9.17) is 4.42 Å². The summed E-state index contributed by atoms with van der Waals surface area (Å²) in [5.41, 5.74) is 0.844. The van der Waals surface area contributed by atoms with Gasteiger partial charge in [-0.25, -0.2) is 9.98 Å². The van der Waals surface area contributed by atoms with E-state index >= 15 is 0 Å². The van der Waals surface area contributed by atoms with Crippen molar-refractivity contribution in [2.24, 2.45) is 4.99 Å². The maximum atomic E-state index is 5.52. The van der Waals surface area contributed by atoms with E-state index in [9.17, 15) is 0 Å². The Bertz CT molecular complexity index is 577. The van der Waals surface area contributed by atoms with Crippen molar-refractivity contribution in [2.75, 3.05) is 13.1 Å². The Kier molecular flexibility index (Phi) is 7.66. The molecule has 0 aromatic carbocycles. The van der Waals surface area contributed by atoms with Crippen molar-refractivity contribution < 1.29 is 4.42 Å². The topological polar surface area (TPSA) is 62.5 Å². The van der Waals surface area contributed by atoms with Crippen LogP contribution < -0.4 is 10.6 Å². The van der Waals surface area contributed by atoms with Gasteiger partial charge in [0.15, 0.2) is 5.96 Å². The van der Waals surface area contributed by atoms with Crippen molar-refractivity contribution in [1.29, 1.82) is 0 Å². The first-order valence-electron chi connectivity index (χ1n) is 8.34. The lowest BCUT2D eigenvalue weighted by atomic mass is 10.2. The fourth-order valence-electron chi connectivity index (χ4n) is 2.15. The minimum Gasteiger partial charge on any atom is -0.443 e.